The van der Waals surface area contributed by atoms with Gasteiger partial charge in [0.15, 0.2) is 0 Å². The van der Waals surface area contributed by atoms with Gasteiger partial charge in [-0.05, 0) is 25.2 Å². The SMILES string of the molecule is N#CC1CC2C(CNC(N[C@H]3CN(C4CCC4CO)CC3C#N)C2Br)O1. The summed E-state index contributed by atoms with van der Waals surface area (Å²) >= 11 is 3.81. The Labute approximate surface area is 162 Å². The minimum absolute atomic E-state index is 0.0409. The van der Waals surface area contributed by atoms with Crippen molar-refractivity contribution in [2.75, 3.05) is 26.2 Å². The first-order chi connectivity index (χ1) is 12.6. The van der Waals surface area contributed by atoms with Crippen molar-refractivity contribution >= 4 is 15.9 Å². The summed E-state index contributed by atoms with van der Waals surface area (Å²) in [6, 6.07) is 5.23. The van der Waals surface area contributed by atoms with Crippen LogP contribution in [-0.2, 0) is 4.74 Å². The van der Waals surface area contributed by atoms with Crippen LogP contribution in [0.2, 0.25) is 0 Å². The van der Waals surface area contributed by atoms with Gasteiger partial charge in [-0.15, -0.1) is 0 Å². The molecule has 0 bridgehead atoms. The van der Waals surface area contributed by atoms with Crippen LogP contribution in [0.3, 0.4) is 0 Å². The van der Waals surface area contributed by atoms with Crippen molar-refractivity contribution in [3.05, 3.63) is 0 Å². The zero-order valence-corrected chi connectivity index (χ0v) is 16.3. The van der Waals surface area contributed by atoms with Crippen LogP contribution in [0.15, 0.2) is 0 Å². The molecule has 142 valence electrons. The standard InChI is InChI=1S/C18H26BrN5O2/c19-17-13-3-12(5-21)26-16(13)6-22-18(17)23-14-8-24(7-11(14)4-20)15-2-1-10(15)9-25/h10-18,22-23,25H,1-3,6-9H2/t10?,11?,12?,13?,14-,15?,16?,17?,18?/m0/s1. The number of piperidine rings is 1. The molecule has 7 nitrogen and oxygen atoms in total. The van der Waals surface area contributed by atoms with E-state index in [2.05, 4.69) is 43.6 Å². The van der Waals surface area contributed by atoms with Crippen LogP contribution in [-0.4, -0.2) is 71.5 Å². The second kappa shape index (κ2) is 7.71. The van der Waals surface area contributed by atoms with Gasteiger partial charge in [-0.3, -0.25) is 15.5 Å². The van der Waals surface area contributed by atoms with E-state index in [-0.39, 0.29) is 41.8 Å². The van der Waals surface area contributed by atoms with E-state index in [0.717, 1.165) is 38.9 Å². The van der Waals surface area contributed by atoms with E-state index >= 15 is 0 Å². The van der Waals surface area contributed by atoms with Gasteiger partial charge in [0.25, 0.3) is 0 Å². The van der Waals surface area contributed by atoms with E-state index in [1.807, 2.05) is 0 Å². The van der Waals surface area contributed by atoms with Crippen molar-refractivity contribution in [2.24, 2.45) is 17.8 Å². The van der Waals surface area contributed by atoms with Gasteiger partial charge in [0.05, 0.1) is 30.3 Å². The smallest absolute Gasteiger partial charge is 0.144 e. The molecule has 0 aromatic carbocycles. The number of likely N-dealkylation sites (tertiary alicyclic amines) is 1. The fourth-order valence-electron chi connectivity index (χ4n) is 5.02. The van der Waals surface area contributed by atoms with E-state index in [0.29, 0.717) is 17.9 Å². The summed E-state index contributed by atoms with van der Waals surface area (Å²) < 4.78 is 5.77. The Kier molecular flexibility index (Phi) is 5.52. The fraction of sp³-hybridized carbons (Fsp3) is 0.889. The summed E-state index contributed by atoms with van der Waals surface area (Å²) in [6.45, 7) is 2.60. The summed E-state index contributed by atoms with van der Waals surface area (Å²) in [5, 5.41) is 35.4. The van der Waals surface area contributed by atoms with Gasteiger partial charge < -0.3 is 9.84 Å². The zero-order valence-electron chi connectivity index (χ0n) is 14.7. The molecule has 8 unspecified atom stereocenters. The highest BCUT2D eigenvalue weighted by molar-refractivity contribution is 9.09. The zero-order chi connectivity index (χ0) is 18.3. The lowest BCUT2D eigenvalue weighted by molar-refractivity contribution is 0.0349. The van der Waals surface area contributed by atoms with Gasteiger partial charge in [0.2, 0.25) is 0 Å². The number of nitriles is 2. The second-order valence-electron chi connectivity index (χ2n) is 8.07. The molecule has 3 saturated heterocycles. The molecule has 4 fully saturated rings. The molecule has 9 atom stereocenters. The molecular formula is C18H26BrN5O2. The number of nitrogens with zero attached hydrogens (tertiary/aromatic N) is 3. The van der Waals surface area contributed by atoms with E-state index in [1.165, 1.54) is 0 Å². The van der Waals surface area contributed by atoms with Crippen LogP contribution in [0, 0.1) is 40.4 Å². The number of ether oxygens (including phenoxy) is 1. The number of rotatable bonds is 4. The van der Waals surface area contributed by atoms with Crippen molar-refractivity contribution in [1.82, 2.24) is 15.5 Å². The lowest BCUT2D eigenvalue weighted by atomic mass is 9.79. The maximum absolute atomic E-state index is 9.61. The van der Waals surface area contributed by atoms with Crippen molar-refractivity contribution in [3.8, 4) is 12.1 Å². The average molecular weight is 424 g/mol. The first-order valence-electron chi connectivity index (χ1n) is 9.57. The third kappa shape index (κ3) is 3.28. The third-order valence-corrected chi connectivity index (χ3v) is 7.91. The summed E-state index contributed by atoms with van der Waals surface area (Å²) in [5.41, 5.74) is 0. The summed E-state index contributed by atoms with van der Waals surface area (Å²) in [6.07, 6.45) is 2.80. The highest BCUT2D eigenvalue weighted by Crippen LogP contribution is 2.38. The van der Waals surface area contributed by atoms with Crippen LogP contribution in [0.1, 0.15) is 19.3 Å². The fourth-order valence-corrected chi connectivity index (χ4v) is 5.91. The molecule has 0 amide bonds. The molecule has 0 aromatic heterocycles. The lowest BCUT2D eigenvalue weighted by Gasteiger charge is -2.42. The molecule has 3 aliphatic heterocycles. The van der Waals surface area contributed by atoms with Crippen molar-refractivity contribution in [2.45, 2.75) is 54.5 Å². The predicted molar refractivity (Wildman–Crippen MR) is 98.1 cm³/mol. The number of alkyl halides is 1. The molecule has 3 N–H and O–H groups in total. The number of nitrogens with one attached hydrogen (secondary N) is 2. The number of aliphatic hydroxyl groups is 1. The van der Waals surface area contributed by atoms with Gasteiger partial charge in [0.1, 0.15) is 6.10 Å². The maximum Gasteiger partial charge on any atom is 0.144 e. The topological polar surface area (TPSA) is 104 Å². The molecule has 26 heavy (non-hydrogen) atoms. The second-order valence-corrected chi connectivity index (χ2v) is 9.13. The molecule has 8 heteroatoms. The van der Waals surface area contributed by atoms with Crippen LogP contribution >= 0.6 is 15.9 Å². The van der Waals surface area contributed by atoms with Gasteiger partial charge in [-0.25, -0.2) is 0 Å². The summed E-state index contributed by atoms with van der Waals surface area (Å²) in [4.78, 5) is 2.55. The molecule has 4 aliphatic rings. The van der Waals surface area contributed by atoms with Crippen molar-refractivity contribution < 1.29 is 9.84 Å². The largest absolute Gasteiger partial charge is 0.396 e. The molecule has 0 radical (unpaired) electrons. The first-order valence-corrected chi connectivity index (χ1v) is 10.5. The van der Waals surface area contributed by atoms with Crippen LogP contribution < -0.4 is 10.6 Å². The third-order valence-electron chi connectivity index (χ3n) is 6.70. The van der Waals surface area contributed by atoms with Crippen LogP contribution in [0.5, 0.6) is 0 Å². The van der Waals surface area contributed by atoms with E-state index in [1.54, 1.807) is 0 Å². The van der Waals surface area contributed by atoms with E-state index < -0.39 is 0 Å². The van der Waals surface area contributed by atoms with Gasteiger partial charge >= 0.3 is 0 Å². The Balaban J connectivity index is 1.37. The minimum atomic E-state index is -0.312. The van der Waals surface area contributed by atoms with Crippen LogP contribution in [0.4, 0.5) is 0 Å². The number of halogens is 1. The Morgan fingerprint density at radius 3 is 2.77 bits per heavy atom. The Hall–Kier alpha value is -0.740. The molecule has 1 saturated carbocycles. The lowest BCUT2D eigenvalue weighted by Crippen LogP contribution is -2.62. The predicted octanol–water partition coefficient (Wildman–Crippen LogP) is 0.161. The van der Waals surface area contributed by atoms with Crippen molar-refractivity contribution in [1.29, 1.82) is 10.5 Å². The van der Waals surface area contributed by atoms with Crippen LogP contribution in [0.25, 0.3) is 0 Å². The van der Waals surface area contributed by atoms with Crippen molar-refractivity contribution in [3.63, 3.8) is 0 Å². The highest BCUT2D eigenvalue weighted by atomic mass is 79.9. The van der Waals surface area contributed by atoms with Gasteiger partial charge in [0, 0.05) is 49.1 Å². The first kappa shape index (κ1) is 18.6. The molecule has 0 aromatic rings. The Bertz CT molecular complexity index is 605. The number of hydrogen-bond donors (Lipinski definition) is 3. The molecular weight excluding hydrogens is 398 g/mol. The quantitative estimate of drug-likeness (QED) is 0.553. The molecule has 0 spiro atoms. The maximum atomic E-state index is 9.61. The normalized spacial score (nSPS) is 48.4. The monoisotopic (exact) mass is 423 g/mol. The summed E-state index contributed by atoms with van der Waals surface area (Å²) in [7, 11) is 0. The summed E-state index contributed by atoms with van der Waals surface area (Å²) in [5.74, 6) is 0.631. The van der Waals surface area contributed by atoms with Gasteiger partial charge in [-0.2, -0.15) is 10.5 Å². The Morgan fingerprint density at radius 1 is 1.27 bits per heavy atom. The van der Waals surface area contributed by atoms with E-state index in [9.17, 15) is 10.4 Å². The molecule has 3 heterocycles. The number of fused-ring (bicyclic) bond motifs is 1. The Morgan fingerprint density at radius 2 is 2.12 bits per heavy atom. The van der Waals surface area contributed by atoms with E-state index in [4.69, 9.17) is 10.00 Å². The molecule has 4 rings (SSSR count). The average Bonchev–Trinajstić information content (AvgIpc) is 3.21. The number of aliphatic hydroxyl groups excluding tert-OH is 1. The number of hydrogen-bond acceptors (Lipinski definition) is 7. The van der Waals surface area contributed by atoms with Gasteiger partial charge in [-0.1, -0.05) is 15.9 Å². The highest BCUT2D eigenvalue weighted by Gasteiger charge is 2.48. The molecule has 1 aliphatic carbocycles. The minimum Gasteiger partial charge on any atom is -0.396 e.